The van der Waals surface area contributed by atoms with Crippen LogP contribution in [0.1, 0.15) is 67.7 Å². The van der Waals surface area contributed by atoms with Gasteiger partial charge in [-0.15, -0.1) is 0 Å². The van der Waals surface area contributed by atoms with E-state index in [2.05, 4.69) is 0 Å². The zero-order valence-electron chi connectivity index (χ0n) is 45.0. The Morgan fingerprint density at radius 1 is 0.354 bits per heavy atom. The second-order valence-electron chi connectivity index (χ2n) is 20.1. The predicted molar refractivity (Wildman–Crippen MR) is 298 cm³/mol. The Labute approximate surface area is 475 Å². The molecule has 0 aromatic heterocycles. The number of hydrogen-bond acceptors (Lipinski definition) is 17. The van der Waals surface area contributed by atoms with Gasteiger partial charge in [0.05, 0.1) is 40.0 Å². The Hall–Kier alpha value is -8.62. The van der Waals surface area contributed by atoms with Crippen molar-refractivity contribution < 1.29 is 80.6 Å². The van der Waals surface area contributed by atoms with Crippen LogP contribution >= 0.6 is 0 Å². The SMILES string of the molecule is C[Si](C)(C)O[C@H]1[C@H](OC(=O)c2ccccc2)[C@H](OC(=O)c2ccccc2)[C@H](O[C@H]2[C@H](OC(=O)c3ccccc3)[C@H](OC(=O)c3ccccc3)[C@H](OCc3ccccc3)O[C@@H]2COC(=O)c2ccccc2)O[C@@H]1COC(=O)c1ccccc1. The molecule has 7 aromatic rings. The van der Waals surface area contributed by atoms with E-state index in [4.69, 9.17) is 51.8 Å². The zero-order valence-corrected chi connectivity index (χ0v) is 46.0. The van der Waals surface area contributed by atoms with E-state index in [9.17, 15) is 28.8 Å². The van der Waals surface area contributed by atoms with Gasteiger partial charge in [-0.1, -0.05) is 140 Å². The first-order valence-corrected chi connectivity index (χ1v) is 30.0. The van der Waals surface area contributed by atoms with E-state index >= 15 is 0 Å². The summed E-state index contributed by atoms with van der Waals surface area (Å²) in [7, 11) is -2.77. The van der Waals surface area contributed by atoms with Gasteiger partial charge in [-0.05, 0) is 98.0 Å². The molecule has 2 fully saturated rings. The first kappa shape index (κ1) is 58.0. The molecule has 0 bridgehead atoms. The number of ether oxygens (including phenoxy) is 10. The minimum absolute atomic E-state index is 0.0813. The van der Waals surface area contributed by atoms with Gasteiger partial charge in [0, 0.05) is 0 Å². The first-order valence-electron chi connectivity index (χ1n) is 26.6. The van der Waals surface area contributed by atoms with Crippen molar-refractivity contribution >= 4 is 44.1 Å². The standard InChI is InChI=1S/C64H60O17Si/c1-82(2,3)81-52-50(41-72-58(66)44-29-15-6-16-30-44)75-64(56(79-62(70)48-37-23-10-24-38-48)54(52)77-60(68)46-33-19-8-20-34-46)80-51-49(40-71-57(65)43-27-13-5-14-28-43)74-63(73-39-42-25-11-4-12-26-42)55(78-61(69)47-35-21-9-22-36-47)53(51)76-59(67)45-31-17-7-18-32-45/h4-38,49-56,63-64H,39-41H2,1-3H3/t49-,50-,51-,52-,53+,54+,55+,56+,63-,64+/m1/s1. The fourth-order valence-electron chi connectivity index (χ4n) is 9.10. The molecule has 0 saturated carbocycles. The maximum Gasteiger partial charge on any atom is 0.338 e. The lowest BCUT2D eigenvalue weighted by Crippen LogP contribution is -2.68. The summed E-state index contributed by atoms with van der Waals surface area (Å²) in [5.74, 6) is -5.06. The molecule has 2 aliphatic heterocycles. The minimum Gasteiger partial charge on any atom is -0.459 e. The van der Waals surface area contributed by atoms with Crippen molar-refractivity contribution in [3.05, 3.63) is 251 Å². The maximum atomic E-state index is 14.7. The third-order valence-corrected chi connectivity index (χ3v) is 14.0. The molecule has 0 N–H and O–H groups in total. The summed E-state index contributed by atoms with van der Waals surface area (Å²) in [4.78, 5) is 85.8. The first-order chi connectivity index (χ1) is 39.8. The summed E-state index contributed by atoms with van der Waals surface area (Å²) in [6.07, 6.45) is -16.3. The highest BCUT2D eigenvalue weighted by Gasteiger charge is 2.58. The van der Waals surface area contributed by atoms with Gasteiger partial charge in [0.1, 0.15) is 37.6 Å². The molecule has 18 heteroatoms. The lowest BCUT2D eigenvalue weighted by molar-refractivity contribution is -0.356. The van der Waals surface area contributed by atoms with E-state index in [1.165, 1.54) is 48.5 Å². The van der Waals surface area contributed by atoms with Crippen molar-refractivity contribution in [1.82, 2.24) is 0 Å². The molecular weight excluding hydrogens is 1070 g/mol. The second kappa shape index (κ2) is 27.7. The van der Waals surface area contributed by atoms with Crippen molar-refractivity contribution in [2.45, 2.75) is 87.7 Å². The molecule has 82 heavy (non-hydrogen) atoms. The fraction of sp³-hybridized carbons (Fsp3) is 0.250. The highest BCUT2D eigenvalue weighted by atomic mass is 28.4. The van der Waals surface area contributed by atoms with E-state index in [-0.39, 0.29) is 40.0 Å². The molecule has 0 aliphatic carbocycles. The van der Waals surface area contributed by atoms with E-state index in [0.717, 1.165) is 0 Å². The van der Waals surface area contributed by atoms with Gasteiger partial charge in [-0.25, -0.2) is 28.8 Å². The average molecular weight is 1130 g/mol. The number of benzene rings is 7. The molecule has 0 unspecified atom stereocenters. The van der Waals surface area contributed by atoms with Crippen molar-refractivity contribution in [3.8, 4) is 0 Å². The summed E-state index contributed by atoms with van der Waals surface area (Å²) < 4.78 is 71.7. The molecule has 2 saturated heterocycles. The van der Waals surface area contributed by atoms with Crippen molar-refractivity contribution in [1.29, 1.82) is 0 Å². The van der Waals surface area contributed by atoms with Crippen LogP contribution in [-0.4, -0.2) is 119 Å². The number of carbonyl (C=O) groups excluding carboxylic acids is 6. The molecular formula is C64H60O17Si. The Morgan fingerprint density at radius 3 is 1.01 bits per heavy atom. The van der Waals surface area contributed by atoms with Crippen LogP contribution in [0, 0.1) is 0 Å². The highest BCUT2D eigenvalue weighted by Crippen LogP contribution is 2.38. The van der Waals surface area contributed by atoms with E-state index in [1.807, 2.05) is 25.7 Å². The molecule has 7 aromatic carbocycles. The molecule has 0 spiro atoms. The van der Waals surface area contributed by atoms with E-state index in [0.29, 0.717) is 5.56 Å². The summed E-state index contributed by atoms with van der Waals surface area (Å²) in [5.41, 5.74) is 1.49. The number of hydrogen-bond donors (Lipinski definition) is 0. The third kappa shape index (κ3) is 15.4. The van der Waals surface area contributed by atoms with Crippen LogP contribution in [-0.2, 0) is 58.4 Å². The molecule has 17 nitrogen and oxygen atoms in total. The van der Waals surface area contributed by atoms with Gasteiger partial charge in [-0.3, -0.25) is 0 Å². The van der Waals surface area contributed by atoms with Gasteiger partial charge in [0.25, 0.3) is 0 Å². The van der Waals surface area contributed by atoms with Gasteiger partial charge >= 0.3 is 35.8 Å². The zero-order chi connectivity index (χ0) is 57.4. The van der Waals surface area contributed by atoms with Crippen molar-refractivity contribution in [2.75, 3.05) is 13.2 Å². The van der Waals surface area contributed by atoms with E-state index < -0.39 is 119 Å². The fourth-order valence-corrected chi connectivity index (χ4v) is 10.2. The number of rotatable bonds is 21. The summed E-state index contributed by atoms with van der Waals surface area (Å²) in [6.45, 7) is 4.34. The smallest absolute Gasteiger partial charge is 0.338 e. The molecule has 422 valence electrons. The van der Waals surface area contributed by atoms with Crippen LogP contribution in [0.5, 0.6) is 0 Å². The Kier molecular flexibility index (Phi) is 19.6. The molecule has 10 atom stereocenters. The van der Waals surface area contributed by atoms with Crippen LogP contribution in [0.25, 0.3) is 0 Å². The van der Waals surface area contributed by atoms with Gasteiger partial charge in [0.2, 0.25) is 0 Å². The lowest BCUT2D eigenvalue weighted by atomic mass is 9.95. The monoisotopic (exact) mass is 1130 g/mol. The van der Waals surface area contributed by atoms with Gasteiger partial charge < -0.3 is 51.8 Å². The third-order valence-electron chi connectivity index (χ3n) is 13.0. The summed E-state index contributed by atoms with van der Waals surface area (Å²) in [6, 6.07) is 57.5. The second-order valence-corrected chi connectivity index (χ2v) is 24.5. The molecule has 9 rings (SSSR count). The largest absolute Gasteiger partial charge is 0.459 e. The van der Waals surface area contributed by atoms with Crippen LogP contribution in [0.2, 0.25) is 19.6 Å². The number of carbonyl (C=O) groups is 6. The highest BCUT2D eigenvalue weighted by molar-refractivity contribution is 6.69. The Bertz CT molecular complexity index is 3210. The topological polar surface area (TPSA) is 204 Å². The van der Waals surface area contributed by atoms with E-state index in [1.54, 1.807) is 158 Å². The van der Waals surface area contributed by atoms with Crippen molar-refractivity contribution in [2.24, 2.45) is 0 Å². The van der Waals surface area contributed by atoms with Crippen LogP contribution in [0.4, 0.5) is 0 Å². The molecule has 0 radical (unpaired) electrons. The van der Waals surface area contributed by atoms with Crippen LogP contribution in [0.15, 0.2) is 212 Å². The normalized spacial score (nSPS) is 22.3. The van der Waals surface area contributed by atoms with Gasteiger partial charge in [0.15, 0.2) is 45.3 Å². The molecule has 2 aliphatic rings. The lowest BCUT2D eigenvalue weighted by Gasteiger charge is -2.49. The quantitative estimate of drug-likeness (QED) is 0.0373. The average Bonchev–Trinajstić information content (AvgIpc) is 3.54. The Morgan fingerprint density at radius 2 is 0.646 bits per heavy atom. The molecule has 2 heterocycles. The Balaban J connectivity index is 1.20. The number of esters is 6. The van der Waals surface area contributed by atoms with Crippen molar-refractivity contribution in [3.63, 3.8) is 0 Å². The minimum atomic E-state index is -2.77. The predicted octanol–water partition coefficient (Wildman–Crippen LogP) is 9.87. The van der Waals surface area contributed by atoms with Crippen LogP contribution < -0.4 is 0 Å². The maximum absolute atomic E-state index is 14.7. The van der Waals surface area contributed by atoms with Gasteiger partial charge in [-0.2, -0.15) is 0 Å². The summed E-state index contributed by atoms with van der Waals surface area (Å²) >= 11 is 0. The molecule has 0 amide bonds. The van der Waals surface area contributed by atoms with Crippen LogP contribution in [0.3, 0.4) is 0 Å². The summed E-state index contributed by atoms with van der Waals surface area (Å²) in [5, 5.41) is 0.